The van der Waals surface area contributed by atoms with Crippen LogP contribution in [-0.4, -0.2) is 24.9 Å². The quantitative estimate of drug-likeness (QED) is 0.472. The van der Waals surface area contributed by atoms with Gasteiger partial charge in [0.2, 0.25) is 0 Å². The maximum Gasteiger partial charge on any atom is 0.0705 e. The van der Waals surface area contributed by atoms with Gasteiger partial charge in [-0.1, -0.05) is 27.7 Å². The third-order valence-corrected chi connectivity index (χ3v) is 2.25. The maximum absolute atomic E-state index is 9.10. The first-order chi connectivity index (χ1) is 6.04. The van der Waals surface area contributed by atoms with Gasteiger partial charge in [0.25, 0.3) is 0 Å². The molecule has 1 unspecified atom stereocenters. The average Bonchev–Trinajstić information content (AvgIpc) is 2.12. The highest BCUT2D eigenvalue weighted by Crippen LogP contribution is 2.18. The summed E-state index contributed by atoms with van der Waals surface area (Å²) in [5.74, 6) is 0.537. The van der Waals surface area contributed by atoms with Crippen molar-refractivity contribution in [2.24, 2.45) is 11.3 Å². The van der Waals surface area contributed by atoms with Gasteiger partial charge >= 0.3 is 0 Å². The lowest BCUT2D eigenvalue weighted by atomic mass is 9.89. The summed E-state index contributed by atoms with van der Waals surface area (Å²) in [5.41, 5.74) is 2.84. The molecule has 80 valence electrons. The van der Waals surface area contributed by atoms with E-state index in [1.807, 2.05) is 6.92 Å². The predicted octanol–water partition coefficient (Wildman–Crippen LogP) is 1.57. The molecule has 0 heterocycles. The normalized spacial score (nSPS) is 16.2. The Morgan fingerprint density at radius 2 is 2.08 bits per heavy atom. The van der Waals surface area contributed by atoms with Gasteiger partial charge in [-0.3, -0.25) is 0 Å². The molecule has 0 spiro atoms. The molecule has 13 heavy (non-hydrogen) atoms. The third kappa shape index (κ3) is 6.02. The summed E-state index contributed by atoms with van der Waals surface area (Å²) in [5, 5.41) is 9.10. The second-order valence-electron chi connectivity index (χ2n) is 4.35. The molecule has 0 aromatic rings. The van der Waals surface area contributed by atoms with Crippen LogP contribution in [0.4, 0.5) is 0 Å². The summed E-state index contributed by atoms with van der Waals surface area (Å²) in [4.78, 5) is 5.23. The minimum Gasteiger partial charge on any atom is -0.396 e. The van der Waals surface area contributed by atoms with Crippen LogP contribution in [0.3, 0.4) is 0 Å². The molecule has 3 heteroatoms. The summed E-state index contributed by atoms with van der Waals surface area (Å²) >= 11 is 0. The zero-order valence-corrected chi connectivity index (χ0v) is 9.26. The van der Waals surface area contributed by atoms with E-state index in [4.69, 9.17) is 9.94 Å². The topological polar surface area (TPSA) is 41.5 Å². The number of aliphatic hydroxyl groups is 1. The molecule has 0 saturated carbocycles. The fraction of sp³-hybridized carbons (Fsp3) is 1.00. The van der Waals surface area contributed by atoms with E-state index in [0.29, 0.717) is 19.1 Å². The Balaban J connectivity index is 3.50. The molecule has 0 rings (SSSR count). The predicted molar refractivity (Wildman–Crippen MR) is 54.3 cm³/mol. The number of hydroxylamine groups is 1. The minimum atomic E-state index is -0.0586. The molecular weight excluding hydrogens is 166 g/mol. The van der Waals surface area contributed by atoms with Crippen molar-refractivity contribution >= 4 is 0 Å². The molecule has 1 atom stereocenters. The van der Waals surface area contributed by atoms with Gasteiger partial charge < -0.3 is 9.94 Å². The SMILES string of the molecule is CCC(C)(CO)CNOCC(C)C. The molecule has 3 nitrogen and oxygen atoms in total. The Bertz CT molecular complexity index is 122. The number of rotatable bonds is 7. The van der Waals surface area contributed by atoms with Crippen molar-refractivity contribution in [2.45, 2.75) is 34.1 Å². The van der Waals surface area contributed by atoms with Crippen LogP contribution in [0.15, 0.2) is 0 Å². The molecule has 0 aliphatic carbocycles. The Morgan fingerprint density at radius 1 is 1.46 bits per heavy atom. The zero-order valence-electron chi connectivity index (χ0n) is 9.26. The van der Waals surface area contributed by atoms with Crippen molar-refractivity contribution in [1.29, 1.82) is 0 Å². The van der Waals surface area contributed by atoms with E-state index in [-0.39, 0.29) is 12.0 Å². The standard InChI is InChI=1S/C10H23NO2/c1-5-10(4,8-12)7-11-13-6-9(2)3/h9,11-12H,5-8H2,1-4H3. The van der Waals surface area contributed by atoms with E-state index in [2.05, 4.69) is 26.3 Å². The first-order valence-corrected chi connectivity index (χ1v) is 4.99. The lowest BCUT2D eigenvalue weighted by Crippen LogP contribution is -2.35. The van der Waals surface area contributed by atoms with E-state index < -0.39 is 0 Å². The van der Waals surface area contributed by atoms with Crippen LogP contribution >= 0.6 is 0 Å². The van der Waals surface area contributed by atoms with Crippen LogP contribution < -0.4 is 5.48 Å². The van der Waals surface area contributed by atoms with Crippen molar-refractivity contribution < 1.29 is 9.94 Å². The van der Waals surface area contributed by atoms with E-state index in [1.165, 1.54) is 0 Å². The Hall–Kier alpha value is -0.120. The van der Waals surface area contributed by atoms with E-state index in [0.717, 1.165) is 6.42 Å². The first-order valence-electron chi connectivity index (χ1n) is 4.99. The van der Waals surface area contributed by atoms with Gasteiger partial charge in [-0.15, -0.1) is 0 Å². The molecule has 0 aliphatic heterocycles. The number of hydrogen-bond donors (Lipinski definition) is 2. The van der Waals surface area contributed by atoms with Crippen molar-refractivity contribution in [3.8, 4) is 0 Å². The number of aliphatic hydroxyl groups excluding tert-OH is 1. The van der Waals surface area contributed by atoms with E-state index in [1.54, 1.807) is 0 Å². The molecule has 0 radical (unpaired) electrons. The third-order valence-electron chi connectivity index (χ3n) is 2.25. The van der Waals surface area contributed by atoms with E-state index >= 15 is 0 Å². The van der Waals surface area contributed by atoms with Crippen LogP contribution in [0, 0.1) is 11.3 Å². The molecule has 0 bridgehead atoms. The first kappa shape index (κ1) is 12.9. The highest BCUT2D eigenvalue weighted by atomic mass is 16.6. The fourth-order valence-electron chi connectivity index (χ4n) is 0.744. The summed E-state index contributed by atoms with van der Waals surface area (Å²) in [6.07, 6.45) is 0.946. The summed E-state index contributed by atoms with van der Waals surface area (Å²) < 4.78 is 0. The van der Waals surface area contributed by atoms with Crippen molar-refractivity contribution in [2.75, 3.05) is 19.8 Å². The second kappa shape index (κ2) is 6.35. The van der Waals surface area contributed by atoms with Gasteiger partial charge in [0.1, 0.15) is 0 Å². The van der Waals surface area contributed by atoms with Gasteiger partial charge in [0.15, 0.2) is 0 Å². The van der Waals surface area contributed by atoms with Crippen molar-refractivity contribution in [3.05, 3.63) is 0 Å². The molecule has 0 amide bonds. The Kier molecular flexibility index (Phi) is 6.29. The van der Waals surface area contributed by atoms with E-state index in [9.17, 15) is 0 Å². The summed E-state index contributed by atoms with van der Waals surface area (Å²) in [6, 6.07) is 0. The van der Waals surface area contributed by atoms with Gasteiger partial charge in [-0.25, -0.2) is 5.48 Å². The van der Waals surface area contributed by atoms with Crippen LogP contribution in [0.1, 0.15) is 34.1 Å². The van der Waals surface area contributed by atoms with Crippen molar-refractivity contribution in [1.82, 2.24) is 5.48 Å². The lowest BCUT2D eigenvalue weighted by molar-refractivity contribution is -0.00793. The Labute approximate surface area is 81.4 Å². The smallest absolute Gasteiger partial charge is 0.0705 e. The molecule has 0 aromatic heterocycles. The molecule has 0 aromatic carbocycles. The number of nitrogens with one attached hydrogen (secondary N) is 1. The van der Waals surface area contributed by atoms with Crippen LogP contribution in [0.25, 0.3) is 0 Å². The summed E-state index contributed by atoms with van der Waals surface area (Å²) in [6.45, 7) is 9.93. The maximum atomic E-state index is 9.10. The molecule has 0 saturated heterocycles. The average molecular weight is 189 g/mol. The van der Waals surface area contributed by atoms with Crippen molar-refractivity contribution in [3.63, 3.8) is 0 Å². The van der Waals surface area contributed by atoms with Gasteiger partial charge in [-0.2, -0.15) is 0 Å². The van der Waals surface area contributed by atoms with Crippen LogP contribution in [0.5, 0.6) is 0 Å². The monoisotopic (exact) mass is 189 g/mol. The highest BCUT2D eigenvalue weighted by Gasteiger charge is 2.20. The molecular formula is C10H23NO2. The molecule has 2 N–H and O–H groups in total. The lowest BCUT2D eigenvalue weighted by Gasteiger charge is -2.25. The molecule has 0 aliphatic rings. The minimum absolute atomic E-state index is 0.0586. The zero-order chi connectivity index (χ0) is 10.3. The van der Waals surface area contributed by atoms with Gasteiger partial charge in [-0.05, 0) is 12.3 Å². The van der Waals surface area contributed by atoms with Gasteiger partial charge in [0.05, 0.1) is 6.61 Å². The molecule has 0 fully saturated rings. The van der Waals surface area contributed by atoms with Crippen LogP contribution in [-0.2, 0) is 4.84 Å². The summed E-state index contributed by atoms with van der Waals surface area (Å²) in [7, 11) is 0. The largest absolute Gasteiger partial charge is 0.396 e. The van der Waals surface area contributed by atoms with Gasteiger partial charge in [0, 0.05) is 18.6 Å². The highest BCUT2D eigenvalue weighted by molar-refractivity contribution is 4.72. The van der Waals surface area contributed by atoms with Crippen LogP contribution in [0.2, 0.25) is 0 Å². The number of hydrogen-bond acceptors (Lipinski definition) is 3. The second-order valence-corrected chi connectivity index (χ2v) is 4.35. The fourth-order valence-corrected chi connectivity index (χ4v) is 0.744. The Morgan fingerprint density at radius 3 is 2.46 bits per heavy atom.